The summed E-state index contributed by atoms with van der Waals surface area (Å²) in [7, 11) is 4.53. The summed E-state index contributed by atoms with van der Waals surface area (Å²) in [6.45, 7) is 3.63. The van der Waals surface area contributed by atoms with Crippen LogP contribution < -0.4 is 5.32 Å². The highest BCUT2D eigenvalue weighted by Crippen LogP contribution is 2.48. The number of hydrogen-bond acceptors (Lipinski definition) is 3. The van der Waals surface area contributed by atoms with Gasteiger partial charge in [0, 0.05) is 30.8 Å². The van der Waals surface area contributed by atoms with E-state index >= 15 is 0 Å². The van der Waals surface area contributed by atoms with Crippen molar-refractivity contribution < 1.29 is 0 Å². The largest absolute Gasteiger partial charge is 0.302 e. The maximum atomic E-state index is 3.67. The number of hydrogen-bond donors (Lipinski definition) is 1. The molecule has 23 heavy (non-hydrogen) atoms. The van der Waals surface area contributed by atoms with Gasteiger partial charge in [0.1, 0.15) is 0 Å². The topological polar surface area (TPSA) is 18.5 Å². The fraction of sp³-hybridized carbons (Fsp3) is 0.700. The SMILES string of the molecule is CN(C)C1(c2ccccc2)CCC2(CC1)CNCN2CC1CC1. The average Bonchev–Trinajstić information content (AvgIpc) is 3.32. The molecule has 126 valence electrons. The molecule has 1 spiro atoms. The minimum absolute atomic E-state index is 0.223. The molecule has 2 aliphatic carbocycles. The molecule has 3 fully saturated rings. The fourth-order valence-corrected chi connectivity index (χ4v) is 4.94. The predicted molar refractivity (Wildman–Crippen MR) is 95.3 cm³/mol. The fourth-order valence-electron chi connectivity index (χ4n) is 4.94. The van der Waals surface area contributed by atoms with Gasteiger partial charge in [-0.1, -0.05) is 30.3 Å². The van der Waals surface area contributed by atoms with Crippen molar-refractivity contribution in [2.24, 2.45) is 5.92 Å². The zero-order valence-electron chi connectivity index (χ0n) is 14.7. The Balaban J connectivity index is 1.54. The monoisotopic (exact) mass is 313 g/mol. The van der Waals surface area contributed by atoms with E-state index in [1.807, 2.05) is 0 Å². The van der Waals surface area contributed by atoms with Crippen molar-refractivity contribution >= 4 is 0 Å². The lowest BCUT2D eigenvalue weighted by Gasteiger charge is -2.51. The van der Waals surface area contributed by atoms with E-state index < -0.39 is 0 Å². The van der Waals surface area contributed by atoms with Gasteiger partial charge in [-0.2, -0.15) is 0 Å². The molecular weight excluding hydrogens is 282 g/mol. The van der Waals surface area contributed by atoms with Gasteiger partial charge in [-0.05, 0) is 64.1 Å². The summed E-state index contributed by atoms with van der Waals surface area (Å²) < 4.78 is 0. The zero-order valence-corrected chi connectivity index (χ0v) is 14.7. The molecule has 3 heteroatoms. The minimum atomic E-state index is 0.223. The van der Waals surface area contributed by atoms with Crippen molar-refractivity contribution in [2.75, 3.05) is 33.9 Å². The van der Waals surface area contributed by atoms with Crippen LogP contribution in [-0.2, 0) is 5.54 Å². The van der Waals surface area contributed by atoms with Gasteiger partial charge in [0.25, 0.3) is 0 Å². The van der Waals surface area contributed by atoms with Crippen LogP contribution in [0, 0.1) is 5.92 Å². The van der Waals surface area contributed by atoms with E-state index in [1.165, 1.54) is 57.2 Å². The van der Waals surface area contributed by atoms with Gasteiger partial charge in [-0.15, -0.1) is 0 Å². The molecule has 0 aromatic heterocycles. The van der Waals surface area contributed by atoms with Gasteiger partial charge in [0.15, 0.2) is 0 Å². The van der Waals surface area contributed by atoms with Gasteiger partial charge in [0.2, 0.25) is 0 Å². The van der Waals surface area contributed by atoms with Crippen LogP contribution in [-0.4, -0.2) is 49.2 Å². The number of rotatable bonds is 4. The first-order valence-electron chi connectivity index (χ1n) is 9.33. The molecule has 3 aliphatic rings. The van der Waals surface area contributed by atoms with Crippen molar-refractivity contribution in [3.63, 3.8) is 0 Å². The second-order valence-electron chi connectivity index (χ2n) is 8.27. The van der Waals surface area contributed by atoms with Crippen molar-refractivity contribution in [2.45, 2.75) is 49.6 Å². The summed E-state index contributed by atoms with van der Waals surface area (Å²) in [4.78, 5) is 5.26. The van der Waals surface area contributed by atoms with Crippen LogP contribution in [0.1, 0.15) is 44.1 Å². The highest BCUT2D eigenvalue weighted by molar-refractivity contribution is 5.26. The van der Waals surface area contributed by atoms with E-state index in [4.69, 9.17) is 0 Å². The lowest BCUT2D eigenvalue weighted by molar-refractivity contribution is 0.0142. The first-order valence-corrected chi connectivity index (χ1v) is 9.33. The Morgan fingerprint density at radius 3 is 2.39 bits per heavy atom. The molecule has 2 saturated carbocycles. The van der Waals surface area contributed by atoms with Crippen molar-refractivity contribution in [1.29, 1.82) is 0 Å². The summed E-state index contributed by atoms with van der Waals surface area (Å²) >= 11 is 0. The third kappa shape index (κ3) is 2.73. The highest BCUT2D eigenvalue weighted by atomic mass is 15.3. The summed E-state index contributed by atoms with van der Waals surface area (Å²) in [5.41, 5.74) is 2.15. The Hall–Kier alpha value is -0.900. The van der Waals surface area contributed by atoms with Crippen LogP contribution in [0.5, 0.6) is 0 Å². The average molecular weight is 313 g/mol. The Morgan fingerprint density at radius 1 is 1.09 bits per heavy atom. The normalized spacial score (nSPS) is 35.3. The summed E-state index contributed by atoms with van der Waals surface area (Å²) in [5.74, 6) is 0.987. The van der Waals surface area contributed by atoms with Crippen LogP contribution in [0.2, 0.25) is 0 Å². The first-order chi connectivity index (χ1) is 11.1. The van der Waals surface area contributed by atoms with Crippen LogP contribution in [0.25, 0.3) is 0 Å². The summed E-state index contributed by atoms with van der Waals surface area (Å²) in [6, 6.07) is 11.2. The summed E-state index contributed by atoms with van der Waals surface area (Å²) in [6.07, 6.45) is 8.09. The van der Waals surface area contributed by atoms with Crippen molar-refractivity contribution in [1.82, 2.24) is 15.1 Å². The molecule has 0 unspecified atom stereocenters. The number of nitrogens with zero attached hydrogens (tertiary/aromatic N) is 2. The molecule has 0 radical (unpaired) electrons. The third-order valence-corrected chi connectivity index (χ3v) is 6.78. The van der Waals surface area contributed by atoms with E-state index in [9.17, 15) is 0 Å². The van der Waals surface area contributed by atoms with Gasteiger partial charge >= 0.3 is 0 Å². The molecule has 0 bridgehead atoms. The van der Waals surface area contributed by atoms with Crippen molar-refractivity contribution in [3.05, 3.63) is 35.9 Å². The van der Waals surface area contributed by atoms with Gasteiger partial charge in [0.05, 0.1) is 0 Å². The molecule has 1 aromatic carbocycles. The Morgan fingerprint density at radius 2 is 1.78 bits per heavy atom. The Labute approximate surface area is 141 Å². The molecule has 4 rings (SSSR count). The molecule has 1 N–H and O–H groups in total. The Kier molecular flexibility index (Phi) is 3.99. The zero-order chi connectivity index (χ0) is 15.9. The molecule has 1 aromatic rings. The van der Waals surface area contributed by atoms with Gasteiger partial charge < -0.3 is 5.32 Å². The van der Waals surface area contributed by atoms with Gasteiger partial charge in [-0.25, -0.2) is 0 Å². The van der Waals surface area contributed by atoms with E-state index in [0.717, 1.165) is 12.6 Å². The first kappa shape index (κ1) is 15.6. The maximum Gasteiger partial charge on any atom is 0.0486 e. The highest BCUT2D eigenvalue weighted by Gasteiger charge is 2.50. The standard InChI is InChI=1S/C20H31N3/c1-22(2)20(18-6-4-3-5-7-18)12-10-19(11-13-20)15-21-16-23(19)14-17-8-9-17/h3-7,17,21H,8-16H2,1-2H3. The maximum absolute atomic E-state index is 3.67. The molecule has 1 saturated heterocycles. The van der Waals surface area contributed by atoms with Crippen LogP contribution >= 0.6 is 0 Å². The van der Waals surface area contributed by atoms with E-state index in [0.29, 0.717) is 5.54 Å². The second-order valence-corrected chi connectivity index (χ2v) is 8.27. The lowest BCUT2D eigenvalue weighted by Crippen LogP contribution is -2.55. The molecule has 1 aliphatic heterocycles. The van der Waals surface area contributed by atoms with Crippen molar-refractivity contribution in [3.8, 4) is 0 Å². The van der Waals surface area contributed by atoms with Crippen LogP contribution in [0.4, 0.5) is 0 Å². The van der Waals surface area contributed by atoms with Crippen LogP contribution in [0.3, 0.4) is 0 Å². The van der Waals surface area contributed by atoms with E-state index in [2.05, 4.69) is 59.5 Å². The Bertz CT molecular complexity index is 527. The molecule has 0 amide bonds. The summed E-state index contributed by atoms with van der Waals surface area (Å²) in [5, 5.41) is 3.67. The quantitative estimate of drug-likeness (QED) is 0.922. The third-order valence-electron chi connectivity index (χ3n) is 6.78. The number of benzene rings is 1. The van der Waals surface area contributed by atoms with E-state index in [1.54, 1.807) is 0 Å². The second kappa shape index (κ2) is 5.87. The molecular formula is C20H31N3. The van der Waals surface area contributed by atoms with Crippen LogP contribution in [0.15, 0.2) is 30.3 Å². The van der Waals surface area contributed by atoms with E-state index in [-0.39, 0.29) is 5.54 Å². The molecule has 0 atom stereocenters. The number of nitrogens with one attached hydrogen (secondary N) is 1. The predicted octanol–water partition coefficient (Wildman–Crippen LogP) is 3.03. The lowest BCUT2D eigenvalue weighted by atomic mass is 9.68. The smallest absolute Gasteiger partial charge is 0.0486 e. The molecule has 3 nitrogen and oxygen atoms in total. The molecule has 1 heterocycles. The minimum Gasteiger partial charge on any atom is -0.302 e. The van der Waals surface area contributed by atoms with Gasteiger partial charge in [-0.3, -0.25) is 9.80 Å².